The summed E-state index contributed by atoms with van der Waals surface area (Å²) in [6, 6.07) is 0. The summed E-state index contributed by atoms with van der Waals surface area (Å²) < 4.78 is 0. The Morgan fingerprint density at radius 1 is 1.40 bits per heavy atom. The van der Waals surface area contributed by atoms with Crippen LogP contribution in [-0.2, 0) is 0 Å². The molecule has 2 rings (SSSR count). The van der Waals surface area contributed by atoms with Crippen LogP contribution in [0.5, 0.6) is 0 Å². The molecule has 0 radical (unpaired) electrons. The maximum absolute atomic E-state index is 2.39. The van der Waals surface area contributed by atoms with Crippen molar-refractivity contribution in [3.05, 3.63) is 0 Å². The molecule has 0 aromatic heterocycles. The van der Waals surface area contributed by atoms with E-state index in [-0.39, 0.29) is 0 Å². The lowest BCUT2D eigenvalue weighted by Gasteiger charge is -2.48. The molecular weight excluding hydrogens is 140 g/mol. The molecule has 1 heteroatoms. The number of hydrogen-bond donors (Lipinski definition) is 0. The second-order valence-electron chi connectivity index (χ2n) is 4.17. The van der Waals surface area contributed by atoms with Crippen LogP contribution in [0.1, 0.15) is 32.6 Å². The summed E-state index contributed by atoms with van der Waals surface area (Å²) in [6.07, 6.45) is 6.07. The van der Waals surface area contributed by atoms with E-state index in [0.29, 0.717) is 0 Å². The van der Waals surface area contributed by atoms with Crippen LogP contribution in [0.4, 0.5) is 0 Å². The van der Waals surface area contributed by atoms with E-state index in [9.17, 15) is 0 Å². The Bertz CT molecular complexity index is 109. The minimum atomic E-state index is 0.836. The topological polar surface area (TPSA) is 0 Å². The average molecular weight is 156 g/mol. The molecular formula is C9H16S. The van der Waals surface area contributed by atoms with Crippen molar-refractivity contribution in [2.75, 3.05) is 11.5 Å². The zero-order valence-corrected chi connectivity index (χ0v) is 7.54. The van der Waals surface area contributed by atoms with Crippen molar-refractivity contribution in [3.63, 3.8) is 0 Å². The maximum Gasteiger partial charge on any atom is -0.00106 e. The van der Waals surface area contributed by atoms with E-state index in [1.807, 2.05) is 0 Å². The molecule has 1 heterocycles. The van der Waals surface area contributed by atoms with Crippen molar-refractivity contribution in [2.24, 2.45) is 11.3 Å². The minimum absolute atomic E-state index is 0.836. The van der Waals surface area contributed by atoms with Crippen LogP contribution in [0.2, 0.25) is 0 Å². The third-order valence-electron chi connectivity index (χ3n) is 2.97. The molecule has 1 spiro atoms. The monoisotopic (exact) mass is 156 g/mol. The Morgan fingerprint density at radius 3 is 2.70 bits per heavy atom. The van der Waals surface area contributed by atoms with Gasteiger partial charge in [0.1, 0.15) is 0 Å². The number of hydrogen-bond acceptors (Lipinski definition) is 1. The molecule has 0 nitrogen and oxygen atoms in total. The van der Waals surface area contributed by atoms with Crippen LogP contribution < -0.4 is 0 Å². The molecule has 0 aromatic carbocycles. The lowest BCUT2D eigenvalue weighted by Crippen LogP contribution is -2.39. The molecule has 0 amide bonds. The fourth-order valence-corrected chi connectivity index (χ4v) is 3.96. The van der Waals surface area contributed by atoms with Crippen LogP contribution in [-0.4, -0.2) is 11.5 Å². The van der Waals surface area contributed by atoms with Crippen molar-refractivity contribution in [1.82, 2.24) is 0 Å². The molecule has 1 saturated carbocycles. The highest BCUT2D eigenvalue weighted by molar-refractivity contribution is 7.99. The van der Waals surface area contributed by atoms with E-state index in [1.54, 1.807) is 0 Å². The van der Waals surface area contributed by atoms with Crippen molar-refractivity contribution < 1.29 is 0 Å². The molecule has 0 atom stereocenters. The van der Waals surface area contributed by atoms with Crippen LogP contribution in [0, 0.1) is 11.3 Å². The lowest BCUT2D eigenvalue weighted by molar-refractivity contribution is 0.0793. The van der Waals surface area contributed by atoms with Crippen molar-refractivity contribution >= 4 is 11.8 Å². The third kappa shape index (κ3) is 1.09. The quantitative estimate of drug-likeness (QED) is 0.519. The molecule has 1 saturated heterocycles. The third-order valence-corrected chi connectivity index (χ3v) is 4.36. The molecule has 58 valence electrons. The van der Waals surface area contributed by atoms with Gasteiger partial charge in [-0.3, -0.25) is 0 Å². The minimum Gasteiger partial charge on any atom is -0.161 e. The standard InChI is InChI=1S/C9H16S/c1-8-5-9(6-8)3-2-4-10-7-9/h8H,2-7H2,1H3. The van der Waals surface area contributed by atoms with E-state index in [0.717, 1.165) is 11.3 Å². The van der Waals surface area contributed by atoms with Crippen LogP contribution in [0.15, 0.2) is 0 Å². The Labute approximate surface area is 67.8 Å². The van der Waals surface area contributed by atoms with Gasteiger partial charge < -0.3 is 0 Å². The summed E-state index contributed by atoms with van der Waals surface area (Å²) in [4.78, 5) is 0. The van der Waals surface area contributed by atoms with E-state index < -0.39 is 0 Å². The second kappa shape index (κ2) is 2.44. The molecule has 0 N–H and O–H groups in total. The van der Waals surface area contributed by atoms with Crippen LogP contribution >= 0.6 is 11.8 Å². The van der Waals surface area contributed by atoms with Gasteiger partial charge >= 0.3 is 0 Å². The van der Waals surface area contributed by atoms with Crippen molar-refractivity contribution in [2.45, 2.75) is 32.6 Å². The highest BCUT2D eigenvalue weighted by Gasteiger charge is 2.42. The molecule has 0 unspecified atom stereocenters. The van der Waals surface area contributed by atoms with Gasteiger partial charge in [-0.2, -0.15) is 11.8 Å². The summed E-state index contributed by atoms with van der Waals surface area (Å²) in [6.45, 7) is 2.39. The van der Waals surface area contributed by atoms with Gasteiger partial charge in [0.25, 0.3) is 0 Å². The fourth-order valence-electron chi connectivity index (χ4n) is 2.65. The maximum atomic E-state index is 2.39. The first-order chi connectivity index (χ1) is 4.81. The first-order valence-electron chi connectivity index (χ1n) is 4.39. The second-order valence-corrected chi connectivity index (χ2v) is 5.27. The van der Waals surface area contributed by atoms with Crippen LogP contribution in [0.25, 0.3) is 0 Å². The predicted molar refractivity (Wildman–Crippen MR) is 47.4 cm³/mol. The van der Waals surface area contributed by atoms with E-state index >= 15 is 0 Å². The van der Waals surface area contributed by atoms with Crippen molar-refractivity contribution in [1.29, 1.82) is 0 Å². The highest BCUT2D eigenvalue weighted by atomic mass is 32.2. The van der Waals surface area contributed by atoms with Crippen LogP contribution in [0.3, 0.4) is 0 Å². The largest absolute Gasteiger partial charge is 0.161 e. The lowest BCUT2D eigenvalue weighted by atomic mass is 9.61. The predicted octanol–water partition coefficient (Wildman–Crippen LogP) is 2.93. The molecule has 0 bridgehead atoms. The Balaban J connectivity index is 1.90. The van der Waals surface area contributed by atoms with Gasteiger partial charge in [-0.1, -0.05) is 6.92 Å². The van der Waals surface area contributed by atoms with Crippen molar-refractivity contribution in [3.8, 4) is 0 Å². The van der Waals surface area contributed by atoms with Gasteiger partial charge in [-0.05, 0) is 48.5 Å². The van der Waals surface area contributed by atoms with Gasteiger partial charge in [-0.15, -0.1) is 0 Å². The average Bonchev–Trinajstić information content (AvgIpc) is 1.87. The Morgan fingerprint density at radius 2 is 2.20 bits per heavy atom. The van der Waals surface area contributed by atoms with Gasteiger partial charge in [0, 0.05) is 0 Å². The van der Waals surface area contributed by atoms with E-state index in [1.165, 1.54) is 37.2 Å². The van der Waals surface area contributed by atoms with E-state index in [4.69, 9.17) is 0 Å². The van der Waals surface area contributed by atoms with Gasteiger partial charge in [0.2, 0.25) is 0 Å². The summed E-state index contributed by atoms with van der Waals surface area (Å²) in [5, 5.41) is 0. The molecule has 10 heavy (non-hydrogen) atoms. The van der Waals surface area contributed by atoms with Gasteiger partial charge in [0.15, 0.2) is 0 Å². The number of thioether (sulfide) groups is 1. The van der Waals surface area contributed by atoms with Gasteiger partial charge in [0.05, 0.1) is 0 Å². The summed E-state index contributed by atoms with van der Waals surface area (Å²) in [7, 11) is 0. The summed E-state index contributed by atoms with van der Waals surface area (Å²) in [5.74, 6) is 3.94. The first-order valence-corrected chi connectivity index (χ1v) is 5.54. The Kier molecular flexibility index (Phi) is 1.71. The SMILES string of the molecule is CC1CC2(CCCSC2)C1. The highest BCUT2D eigenvalue weighted by Crippen LogP contribution is 2.52. The molecule has 2 fully saturated rings. The summed E-state index contributed by atoms with van der Waals surface area (Å²) >= 11 is 2.18. The Hall–Kier alpha value is 0.350. The first kappa shape index (κ1) is 7.02. The molecule has 1 aliphatic heterocycles. The molecule has 1 aliphatic carbocycles. The smallest absolute Gasteiger partial charge is 0.00106 e. The normalized spacial score (nSPS) is 47.1. The summed E-state index contributed by atoms with van der Waals surface area (Å²) in [5.41, 5.74) is 0.836. The zero-order chi connectivity index (χ0) is 7.03. The molecule has 2 aliphatic rings. The van der Waals surface area contributed by atoms with E-state index in [2.05, 4.69) is 18.7 Å². The zero-order valence-electron chi connectivity index (χ0n) is 6.73. The fraction of sp³-hybridized carbons (Fsp3) is 1.00. The number of rotatable bonds is 0. The van der Waals surface area contributed by atoms with Gasteiger partial charge in [-0.25, -0.2) is 0 Å². The molecule has 0 aromatic rings.